The van der Waals surface area contributed by atoms with Crippen LogP contribution in [0, 0.1) is 0 Å². The van der Waals surface area contributed by atoms with Crippen molar-refractivity contribution in [2.24, 2.45) is 10.7 Å². The van der Waals surface area contributed by atoms with E-state index in [0.29, 0.717) is 5.96 Å². The largest absolute Gasteiger partial charge is 0.370 e. The van der Waals surface area contributed by atoms with Crippen LogP contribution < -0.4 is 10.6 Å². The van der Waals surface area contributed by atoms with E-state index in [9.17, 15) is 0 Å². The summed E-state index contributed by atoms with van der Waals surface area (Å²) < 4.78 is 0. The molecule has 2 aliphatic heterocycles. The van der Waals surface area contributed by atoms with Crippen molar-refractivity contribution in [2.45, 2.75) is 25.7 Å². The van der Waals surface area contributed by atoms with Crippen LogP contribution in [0.15, 0.2) is 29.3 Å². The van der Waals surface area contributed by atoms with E-state index in [4.69, 9.17) is 17.3 Å². The molecule has 2 aliphatic rings. The van der Waals surface area contributed by atoms with Gasteiger partial charge in [-0.25, -0.2) is 0 Å². The fourth-order valence-electron chi connectivity index (χ4n) is 3.59. The number of aliphatic imine (C=N–C) groups is 1. The zero-order valence-electron chi connectivity index (χ0n) is 15.0. The van der Waals surface area contributed by atoms with Crippen LogP contribution in [-0.4, -0.2) is 68.1 Å². The molecule has 0 aromatic heterocycles. The van der Waals surface area contributed by atoms with E-state index in [1.807, 2.05) is 12.1 Å². The highest BCUT2D eigenvalue weighted by molar-refractivity contribution is 6.30. The molecule has 2 heterocycles. The third-order valence-corrected chi connectivity index (χ3v) is 5.40. The first kappa shape index (κ1) is 18.3. The number of piperazine rings is 1. The van der Waals surface area contributed by atoms with Crippen molar-refractivity contribution < 1.29 is 0 Å². The molecule has 25 heavy (non-hydrogen) atoms. The van der Waals surface area contributed by atoms with Crippen molar-refractivity contribution in [1.29, 1.82) is 0 Å². The van der Waals surface area contributed by atoms with E-state index < -0.39 is 0 Å². The molecule has 0 amide bonds. The summed E-state index contributed by atoms with van der Waals surface area (Å²) in [6, 6.07) is 8.05. The smallest absolute Gasteiger partial charge is 0.191 e. The molecule has 0 saturated carbocycles. The molecule has 6 heteroatoms. The van der Waals surface area contributed by atoms with Crippen LogP contribution in [0.4, 0.5) is 5.69 Å². The molecule has 0 atom stereocenters. The number of guanidine groups is 1. The van der Waals surface area contributed by atoms with Gasteiger partial charge >= 0.3 is 0 Å². The Morgan fingerprint density at radius 3 is 2.32 bits per heavy atom. The molecule has 0 radical (unpaired) electrons. The molecule has 0 aliphatic carbocycles. The van der Waals surface area contributed by atoms with Gasteiger partial charge in [0.2, 0.25) is 0 Å². The number of anilines is 1. The monoisotopic (exact) mass is 363 g/mol. The van der Waals surface area contributed by atoms with Gasteiger partial charge in [-0.2, -0.15) is 0 Å². The van der Waals surface area contributed by atoms with Crippen LogP contribution >= 0.6 is 11.6 Å². The predicted octanol–water partition coefficient (Wildman–Crippen LogP) is 2.65. The topological polar surface area (TPSA) is 48.1 Å². The minimum Gasteiger partial charge on any atom is -0.370 e. The second kappa shape index (κ2) is 9.30. The maximum Gasteiger partial charge on any atom is 0.191 e. The van der Waals surface area contributed by atoms with E-state index >= 15 is 0 Å². The van der Waals surface area contributed by atoms with Crippen LogP contribution in [0.5, 0.6) is 0 Å². The maximum atomic E-state index is 6.19. The van der Waals surface area contributed by atoms with Gasteiger partial charge in [0.25, 0.3) is 0 Å². The number of unbranched alkanes of at least 4 members (excludes halogenated alkanes) is 1. The second-order valence-corrected chi connectivity index (χ2v) is 7.38. The molecule has 3 rings (SSSR count). The Balaban J connectivity index is 1.35. The molecule has 2 N–H and O–H groups in total. The number of hydrogen-bond donors (Lipinski definition) is 1. The van der Waals surface area contributed by atoms with E-state index in [2.05, 4.69) is 31.8 Å². The predicted molar refractivity (Wildman–Crippen MR) is 107 cm³/mol. The highest BCUT2D eigenvalue weighted by atomic mass is 35.5. The number of nitrogens with two attached hydrogens (primary N) is 1. The maximum absolute atomic E-state index is 6.19. The molecule has 0 spiro atoms. The van der Waals surface area contributed by atoms with E-state index in [1.165, 1.54) is 44.6 Å². The van der Waals surface area contributed by atoms with Crippen LogP contribution in [0.3, 0.4) is 0 Å². The van der Waals surface area contributed by atoms with Gasteiger partial charge in [-0.05, 0) is 69.6 Å². The summed E-state index contributed by atoms with van der Waals surface area (Å²) in [5.41, 5.74) is 7.41. The van der Waals surface area contributed by atoms with Gasteiger partial charge < -0.3 is 20.4 Å². The standard InChI is InChI=1S/C19H30ClN5/c20-17-5-7-18(8-6-17)24-13-15-25(16-14-24)19(21)22-9-1-2-10-23-11-3-4-12-23/h5-8H,1-4,9-16H2,(H2,21,22). The number of rotatable bonds is 6. The highest BCUT2D eigenvalue weighted by Gasteiger charge is 2.18. The molecule has 5 nitrogen and oxygen atoms in total. The fourth-order valence-corrected chi connectivity index (χ4v) is 3.72. The quantitative estimate of drug-likeness (QED) is 0.479. The van der Waals surface area contributed by atoms with Gasteiger partial charge in [0, 0.05) is 43.4 Å². The Kier molecular flexibility index (Phi) is 6.82. The Bertz CT molecular complexity index is 545. The highest BCUT2D eigenvalue weighted by Crippen LogP contribution is 2.19. The molecule has 1 aromatic carbocycles. The van der Waals surface area contributed by atoms with Crippen LogP contribution in [0.1, 0.15) is 25.7 Å². The van der Waals surface area contributed by atoms with Gasteiger partial charge in [0.15, 0.2) is 5.96 Å². The Morgan fingerprint density at radius 1 is 0.960 bits per heavy atom. The first-order chi connectivity index (χ1) is 12.2. The number of nitrogens with zero attached hydrogens (tertiary/aromatic N) is 4. The van der Waals surface area contributed by atoms with Crippen LogP contribution in [-0.2, 0) is 0 Å². The Hall–Kier alpha value is -1.46. The number of halogens is 1. The van der Waals surface area contributed by atoms with Crippen molar-refractivity contribution in [3.63, 3.8) is 0 Å². The number of likely N-dealkylation sites (tertiary alicyclic amines) is 1. The third-order valence-electron chi connectivity index (χ3n) is 5.15. The zero-order chi connectivity index (χ0) is 17.5. The van der Waals surface area contributed by atoms with Crippen LogP contribution in [0.2, 0.25) is 5.02 Å². The SMILES string of the molecule is NC(=NCCCCN1CCCC1)N1CCN(c2ccc(Cl)cc2)CC1. The average molecular weight is 364 g/mol. The summed E-state index contributed by atoms with van der Waals surface area (Å²) in [6.07, 6.45) is 5.09. The van der Waals surface area contributed by atoms with Crippen molar-refractivity contribution in [1.82, 2.24) is 9.80 Å². The minimum absolute atomic E-state index is 0.705. The van der Waals surface area contributed by atoms with E-state index in [1.54, 1.807) is 0 Å². The summed E-state index contributed by atoms with van der Waals surface area (Å²) in [4.78, 5) is 11.7. The molecular formula is C19H30ClN5. The average Bonchev–Trinajstić information content (AvgIpc) is 3.15. The molecule has 2 fully saturated rings. The van der Waals surface area contributed by atoms with E-state index in [-0.39, 0.29) is 0 Å². The van der Waals surface area contributed by atoms with E-state index in [0.717, 1.165) is 44.2 Å². The molecule has 1 aromatic rings. The van der Waals surface area contributed by atoms with Gasteiger partial charge in [-0.1, -0.05) is 11.6 Å². The lowest BCUT2D eigenvalue weighted by molar-refractivity contribution is 0.330. The molecule has 138 valence electrons. The van der Waals surface area contributed by atoms with Crippen molar-refractivity contribution in [3.05, 3.63) is 29.3 Å². The zero-order valence-corrected chi connectivity index (χ0v) is 15.8. The number of benzene rings is 1. The van der Waals surface area contributed by atoms with Crippen LogP contribution in [0.25, 0.3) is 0 Å². The summed E-state index contributed by atoms with van der Waals surface area (Å²) in [5, 5.41) is 0.781. The number of hydrogen-bond acceptors (Lipinski definition) is 3. The van der Waals surface area contributed by atoms with Gasteiger partial charge in [-0.3, -0.25) is 4.99 Å². The lowest BCUT2D eigenvalue weighted by Crippen LogP contribution is -2.51. The molecule has 0 unspecified atom stereocenters. The van der Waals surface area contributed by atoms with Crippen molar-refractivity contribution >= 4 is 23.2 Å². The molecule has 2 saturated heterocycles. The normalized spacial score (nSPS) is 19.6. The Morgan fingerprint density at radius 2 is 1.64 bits per heavy atom. The summed E-state index contributed by atoms with van der Waals surface area (Å²) in [7, 11) is 0. The molecular weight excluding hydrogens is 334 g/mol. The summed E-state index contributed by atoms with van der Waals surface area (Å²) >= 11 is 5.96. The lowest BCUT2D eigenvalue weighted by atomic mass is 10.2. The van der Waals surface area contributed by atoms with Gasteiger partial charge in [-0.15, -0.1) is 0 Å². The first-order valence-electron chi connectivity index (χ1n) is 9.50. The van der Waals surface area contributed by atoms with Crippen molar-refractivity contribution in [2.75, 3.05) is 57.3 Å². The molecule has 0 bridgehead atoms. The third kappa shape index (κ3) is 5.51. The Labute approximate surface area is 156 Å². The fraction of sp³-hybridized carbons (Fsp3) is 0.632. The summed E-state index contributed by atoms with van der Waals surface area (Å²) in [6.45, 7) is 8.40. The minimum atomic E-state index is 0.705. The van der Waals surface area contributed by atoms with Gasteiger partial charge in [0.05, 0.1) is 0 Å². The lowest BCUT2D eigenvalue weighted by Gasteiger charge is -2.36. The first-order valence-corrected chi connectivity index (χ1v) is 9.88. The van der Waals surface area contributed by atoms with Crippen molar-refractivity contribution in [3.8, 4) is 0 Å². The van der Waals surface area contributed by atoms with Gasteiger partial charge in [0.1, 0.15) is 0 Å². The summed E-state index contributed by atoms with van der Waals surface area (Å²) in [5.74, 6) is 0.705. The second-order valence-electron chi connectivity index (χ2n) is 6.95.